The fraction of sp³-hybridized carbons (Fsp3) is 0.407. The molecule has 0 aliphatic carbocycles. The Labute approximate surface area is 432 Å². The second-order valence-corrected chi connectivity index (χ2v) is 22.3. The summed E-state index contributed by atoms with van der Waals surface area (Å²) in [5.74, 6) is -0.427. The lowest BCUT2D eigenvalue weighted by atomic mass is 9.85. The van der Waals surface area contributed by atoms with Gasteiger partial charge >= 0.3 is 0 Å². The van der Waals surface area contributed by atoms with E-state index in [2.05, 4.69) is 39.7 Å². The first kappa shape index (κ1) is 52.2. The van der Waals surface area contributed by atoms with Gasteiger partial charge in [-0.15, -0.1) is 32.9 Å². The van der Waals surface area contributed by atoms with Crippen molar-refractivity contribution in [3.8, 4) is 21.2 Å². The third-order valence-electron chi connectivity index (χ3n) is 13.4. The minimum absolute atomic E-state index is 0.00451. The summed E-state index contributed by atoms with van der Waals surface area (Å²) in [5.41, 5.74) is 7.95. The number of hydrogen-bond donors (Lipinski definition) is 3. The average molecular weight is 1040 g/mol. The number of carbonyl (C=O) groups excluding carboxylic acids is 4. The minimum Gasteiger partial charge on any atom is -0.492 e. The van der Waals surface area contributed by atoms with Gasteiger partial charge in [-0.05, 0) is 98.0 Å². The van der Waals surface area contributed by atoms with Crippen molar-refractivity contribution in [1.82, 2.24) is 35.3 Å². The van der Waals surface area contributed by atoms with Crippen molar-refractivity contribution in [2.45, 2.75) is 118 Å². The number of benzene rings is 3. The summed E-state index contributed by atoms with van der Waals surface area (Å²) in [5, 5.41) is 26.9. The largest absolute Gasteiger partial charge is 0.492 e. The first-order valence-corrected chi connectivity index (χ1v) is 26.2. The molecule has 18 heteroatoms. The van der Waals surface area contributed by atoms with Crippen LogP contribution in [0.15, 0.2) is 77.2 Å². The van der Waals surface area contributed by atoms with Crippen LogP contribution in [-0.4, -0.2) is 96.9 Å². The molecule has 14 nitrogen and oxygen atoms in total. The second-order valence-electron chi connectivity index (χ2n) is 19.8. The number of ether oxygens (including phenoxy) is 1. The molecule has 0 spiro atoms. The summed E-state index contributed by atoms with van der Waals surface area (Å²) in [6, 6.07) is 17.3. The molecule has 0 unspecified atom stereocenters. The van der Waals surface area contributed by atoms with Gasteiger partial charge in [-0.2, -0.15) is 0 Å². The number of likely N-dealkylation sites (tertiary alicyclic amines) is 1. The number of thiazole rings is 1. The first-order chi connectivity index (χ1) is 34.3. The van der Waals surface area contributed by atoms with Crippen molar-refractivity contribution in [2.24, 2.45) is 10.4 Å². The molecule has 378 valence electrons. The van der Waals surface area contributed by atoms with E-state index >= 15 is 4.39 Å². The van der Waals surface area contributed by atoms with E-state index in [0.29, 0.717) is 22.4 Å². The third kappa shape index (κ3) is 11.5. The van der Waals surface area contributed by atoms with E-state index in [0.717, 1.165) is 54.0 Å². The number of fused-ring (bicyclic) bond motifs is 3. The summed E-state index contributed by atoms with van der Waals surface area (Å²) < 4.78 is 23.1. The Bertz CT molecular complexity index is 3020. The maximum atomic E-state index is 15.2. The van der Waals surface area contributed by atoms with Gasteiger partial charge in [0.1, 0.15) is 41.1 Å². The summed E-state index contributed by atoms with van der Waals surface area (Å²) in [6.45, 7) is 15.6. The van der Waals surface area contributed by atoms with Crippen LogP contribution < -0.4 is 15.4 Å². The van der Waals surface area contributed by atoms with Gasteiger partial charge < -0.3 is 25.4 Å². The molecule has 1 fully saturated rings. The zero-order chi connectivity index (χ0) is 51.6. The summed E-state index contributed by atoms with van der Waals surface area (Å²) in [6.07, 6.45) is -0.740. The fourth-order valence-electron chi connectivity index (χ4n) is 9.33. The number of hydrogen-bond acceptors (Lipinski definition) is 12. The molecule has 3 N–H and O–H groups in total. The van der Waals surface area contributed by atoms with Gasteiger partial charge in [-0.1, -0.05) is 75.7 Å². The van der Waals surface area contributed by atoms with Crippen molar-refractivity contribution in [3.05, 3.63) is 133 Å². The Balaban J connectivity index is 0.848. The van der Waals surface area contributed by atoms with Crippen LogP contribution in [-0.2, 0) is 25.6 Å². The predicted octanol–water partition coefficient (Wildman–Crippen LogP) is 9.14. The van der Waals surface area contributed by atoms with Crippen LogP contribution in [0.25, 0.3) is 15.4 Å². The molecular formula is C54H60ClFN8O6S2. The molecule has 8 rings (SSSR count). The van der Waals surface area contributed by atoms with Gasteiger partial charge in [0.05, 0.1) is 46.9 Å². The lowest BCUT2D eigenvalue weighted by Crippen LogP contribution is -2.56. The summed E-state index contributed by atoms with van der Waals surface area (Å²) in [4.78, 5) is 68.4. The molecule has 72 heavy (non-hydrogen) atoms. The molecule has 0 radical (unpaired) electrons. The van der Waals surface area contributed by atoms with E-state index < -0.39 is 47.3 Å². The molecule has 2 aliphatic rings. The molecule has 1 saturated heterocycles. The van der Waals surface area contributed by atoms with Crippen molar-refractivity contribution < 1.29 is 33.4 Å². The van der Waals surface area contributed by atoms with E-state index in [1.807, 2.05) is 100 Å². The van der Waals surface area contributed by atoms with Gasteiger partial charge in [0.25, 0.3) is 0 Å². The topological polar surface area (TPSA) is 181 Å². The SMILES string of the molecule is Cc1ncsc1-c1ccc([C@H](C)CC(=O)[C@@H]2C[C@@H](O)CN2C(=O)[C@@H](NC(=O)CCc2cc(OCCNC(=O)C[C@@H]3N=C(c4ccc(Cl)cc4)c4c(sc(C)c4C)-n4c(C)nnc43)ccc2F)C(C)(C)C)cc1. The molecule has 5 atom stereocenters. The number of aryl methyl sites for hydroxylation is 4. The quantitative estimate of drug-likeness (QED) is 0.0751. The van der Waals surface area contributed by atoms with Crippen LogP contribution in [0.5, 0.6) is 5.75 Å². The number of nitrogens with one attached hydrogen (secondary N) is 2. The number of Topliss-reactive ketones (excluding diaryl/α,β-unsaturated/α-hetero) is 1. The van der Waals surface area contributed by atoms with Crippen molar-refractivity contribution >= 4 is 63.5 Å². The maximum Gasteiger partial charge on any atom is 0.246 e. The Kier molecular flexibility index (Phi) is 15.9. The number of aromatic nitrogens is 4. The number of rotatable bonds is 17. The second kappa shape index (κ2) is 21.9. The molecule has 0 saturated carbocycles. The van der Waals surface area contributed by atoms with E-state index in [4.69, 9.17) is 21.3 Å². The highest BCUT2D eigenvalue weighted by Gasteiger charge is 2.44. The highest BCUT2D eigenvalue weighted by atomic mass is 35.5. The van der Waals surface area contributed by atoms with E-state index in [1.165, 1.54) is 23.1 Å². The molecule has 0 bridgehead atoms. The van der Waals surface area contributed by atoms with Crippen molar-refractivity contribution in [3.63, 3.8) is 0 Å². The standard InChI is InChI=1S/C54H60ClFN8O6S2/c1-29(34-9-11-36(12-10-34)49-31(3)58-28-71-49)23-44(66)43-25-39(65)27-63(43)52(69)50(54(6,7)8)60-45(67)20-15-37-24-40(18-19-41(37)56)70-22-21-57-46(68)26-42-51-62-61-33(5)64(51)53-47(30(2)32(4)72-53)48(59-42)35-13-16-38(55)17-14-35/h9-14,16-19,24,28-29,39,42-43,50,65H,15,20-23,25-27H2,1-8H3,(H,57,68)(H,60,67)/t29-,39-,42+,43+,50-/m1/s1. The molecule has 6 aromatic rings. The highest BCUT2D eigenvalue weighted by Crippen LogP contribution is 2.40. The number of aliphatic hydroxyl groups excluding tert-OH is 1. The number of amides is 3. The number of halogens is 2. The number of thiophene rings is 1. The van der Waals surface area contributed by atoms with Crippen molar-refractivity contribution in [2.75, 3.05) is 19.7 Å². The van der Waals surface area contributed by atoms with Gasteiger partial charge in [-0.3, -0.25) is 28.7 Å². The van der Waals surface area contributed by atoms with E-state index in [1.54, 1.807) is 22.7 Å². The highest BCUT2D eigenvalue weighted by molar-refractivity contribution is 7.15. The number of nitrogens with zero attached hydrogens (tertiary/aromatic N) is 6. The van der Waals surface area contributed by atoms with Crippen LogP contribution in [0.4, 0.5) is 4.39 Å². The molecule has 3 aromatic carbocycles. The Morgan fingerprint density at radius 2 is 1.69 bits per heavy atom. The first-order valence-electron chi connectivity index (χ1n) is 24.1. The number of aliphatic hydroxyl groups is 1. The Hall–Kier alpha value is -6.14. The van der Waals surface area contributed by atoms with Gasteiger partial charge in [0.2, 0.25) is 17.7 Å². The van der Waals surface area contributed by atoms with Crippen LogP contribution in [0, 0.1) is 38.9 Å². The third-order valence-corrected chi connectivity index (χ3v) is 15.8. The Morgan fingerprint density at radius 1 is 0.972 bits per heavy atom. The van der Waals surface area contributed by atoms with Gasteiger partial charge in [0, 0.05) is 46.8 Å². The number of β-amino-alcohol motifs (C(OH)–C–C–N with tert-alkyl or cyclic N) is 1. The fourth-order valence-corrected chi connectivity index (χ4v) is 11.5. The number of aliphatic imine (C=N–C) groups is 1. The molecule has 3 aromatic heterocycles. The lowest BCUT2D eigenvalue weighted by Gasteiger charge is -2.35. The summed E-state index contributed by atoms with van der Waals surface area (Å²) in [7, 11) is 0. The molecule has 5 heterocycles. The molecule has 3 amide bonds. The predicted molar refractivity (Wildman–Crippen MR) is 279 cm³/mol. The van der Waals surface area contributed by atoms with Crippen LogP contribution in [0.1, 0.15) is 115 Å². The molecule has 2 aliphatic heterocycles. The van der Waals surface area contributed by atoms with Crippen LogP contribution in [0.3, 0.4) is 0 Å². The van der Waals surface area contributed by atoms with Crippen LogP contribution >= 0.6 is 34.3 Å². The number of carbonyl (C=O) groups is 4. The zero-order valence-corrected chi connectivity index (χ0v) is 44.1. The normalized spacial score (nSPS) is 17.3. The van der Waals surface area contributed by atoms with E-state index in [-0.39, 0.29) is 75.0 Å². The minimum atomic E-state index is -1.02. The number of ketones is 1. The van der Waals surface area contributed by atoms with E-state index in [9.17, 15) is 24.3 Å². The van der Waals surface area contributed by atoms with Crippen molar-refractivity contribution in [1.29, 1.82) is 0 Å². The monoisotopic (exact) mass is 1030 g/mol. The van der Waals surface area contributed by atoms with Crippen LogP contribution in [0.2, 0.25) is 5.02 Å². The summed E-state index contributed by atoms with van der Waals surface area (Å²) >= 11 is 9.46. The lowest BCUT2D eigenvalue weighted by molar-refractivity contribution is -0.143. The maximum absolute atomic E-state index is 15.2. The van der Waals surface area contributed by atoms with Gasteiger partial charge in [-0.25, -0.2) is 9.37 Å². The average Bonchev–Trinajstić information content (AvgIpc) is 4.11. The van der Waals surface area contributed by atoms with Gasteiger partial charge in [0.15, 0.2) is 11.6 Å². The smallest absolute Gasteiger partial charge is 0.246 e. The Morgan fingerprint density at radius 3 is 2.39 bits per heavy atom. The zero-order valence-electron chi connectivity index (χ0n) is 41.7. The molecular weight excluding hydrogens is 975 g/mol.